The van der Waals surface area contributed by atoms with Gasteiger partial charge in [-0.15, -0.1) is 0 Å². The van der Waals surface area contributed by atoms with Crippen LogP contribution >= 0.6 is 0 Å². The van der Waals surface area contributed by atoms with E-state index in [1.54, 1.807) is 10.8 Å². The Balaban J connectivity index is 1.44. The van der Waals surface area contributed by atoms with Crippen LogP contribution in [0.15, 0.2) is 18.5 Å². The van der Waals surface area contributed by atoms with Gasteiger partial charge in [0, 0.05) is 12.1 Å². The van der Waals surface area contributed by atoms with Gasteiger partial charge < -0.3 is 9.72 Å². The summed E-state index contributed by atoms with van der Waals surface area (Å²) in [5, 5.41) is 17.1. The van der Waals surface area contributed by atoms with E-state index in [0.717, 1.165) is 12.8 Å². The minimum Gasteiger partial charge on any atom is -0.375 e. The number of rotatable bonds is 4. The van der Waals surface area contributed by atoms with E-state index >= 15 is 0 Å². The highest BCUT2D eigenvalue weighted by Crippen LogP contribution is 2.41. The lowest BCUT2D eigenvalue weighted by Crippen LogP contribution is -2.34. The number of nitrogens with one attached hydrogen (secondary N) is 3. The Morgan fingerprint density at radius 2 is 1.97 bits per heavy atom. The van der Waals surface area contributed by atoms with Crippen molar-refractivity contribution in [2.75, 3.05) is 0 Å². The van der Waals surface area contributed by atoms with Crippen LogP contribution in [0.5, 0.6) is 0 Å². The Morgan fingerprint density at radius 3 is 2.63 bits per heavy atom. The van der Waals surface area contributed by atoms with E-state index in [0.29, 0.717) is 36.3 Å². The Labute approximate surface area is 172 Å². The summed E-state index contributed by atoms with van der Waals surface area (Å²) in [6.07, 6.45) is 2.42. The molecular formula is C21H28F3N5O. The molecule has 2 aliphatic rings. The van der Waals surface area contributed by atoms with Crippen LogP contribution in [0.4, 0.5) is 13.2 Å². The molecule has 3 atom stereocenters. The number of H-pyrrole nitrogens is 1. The molecule has 0 bridgehead atoms. The van der Waals surface area contributed by atoms with Gasteiger partial charge in [-0.1, -0.05) is 13.3 Å². The number of nitrogens with zero attached hydrogens (tertiary/aromatic N) is 2. The summed E-state index contributed by atoms with van der Waals surface area (Å²) in [5.74, 6) is -0.637. The van der Waals surface area contributed by atoms with Crippen LogP contribution in [0.25, 0.3) is 11.2 Å². The first-order valence-electron chi connectivity index (χ1n) is 10.7. The molecule has 0 aliphatic heterocycles. The topological polar surface area (TPSA) is 90.5 Å². The van der Waals surface area contributed by atoms with Crippen LogP contribution in [0, 0.1) is 28.6 Å². The van der Waals surface area contributed by atoms with Crippen molar-refractivity contribution in [3.8, 4) is 0 Å². The van der Waals surface area contributed by atoms with Crippen molar-refractivity contribution in [1.29, 1.82) is 10.8 Å². The summed E-state index contributed by atoms with van der Waals surface area (Å²) >= 11 is 0. The van der Waals surface area contributed by atoms with E-state index in [1.165, 1.54) is 6.20 Å². The molecule has 9 heteroatoms. The van der Waals surface area contributed by atoms with E-state index < -0.39 is 12.1 Å². The van der Waals surface area contributed by atoms with Gasteiger partial charge in [0.2, 0.25) is 0 Å². The normalized spacial score (nSPS) is 30.1. The van der Waals surface area contributed by atoms with Crippen LogP contribution in [-0.2, 0) is 4.74 Å². The molecule has 0 aromatic carbocycles. The van der Waals surface area contributed by atoms with Gasteiger partial charge in [-0.3, -0.25) is 15.4 Å². The number of aromatic amines is 1. The maximum Gasteiger partial charge on any atom is 0.391 e. The van der Waals surface area contributed by atoms with Crippen molar-refractivity contribution in [3.05, 3.63) is 23.9 Å². The Kier molecular flexibility index (Phi) is 5.74. The van der Waals surface area contributed by atoms with Crippen LogP contribution in [-0.4, -0.2) is 38.8 Å². The first-order valence-corrected chi connectivity index (χ1v) is 10.7. The third kappa shape index (κ3) is 4.04. The molecule has 4 rings (SSSR count). The monoisotopic (exact) mass is 423 g/mol. The molecule has 164 valence electrons. The van der Waals surface area contributed by atoms with E-state index in [4.69, 9.17) is 15.6 Å². The highest BCUT2D eigenvalue weighted by molar-refractivity contribution is 5.91. The van der Waals surface area contributed by atoms with Crippen LogP contribution in [0.1, 0.15) is 51.9 Å². The summed E-state index contributed by atoms with van der Waals surface area (Å²) in [5.41, 5.74) is 1.50. The fraction of sp³-hybridized carbons (Fsp3) is 0.667. The van der Waals surface area contributed by atoms with Crippen LogP contribution in [0.3, 0.4) is 0 Å². The average Bonchev–Trinajstić information content (AvgIpc) is 3.34. The molecule has 0 radical (unpaired) electrons. The molecule has 30 heavy (non-hydrogen) atoms. The second kappa shape index (κ2) is 8.17. The zero-order chi connectivity index (χ0) is 21.5. The Bertz CT molecular complexity index is 957. The smallest absolute Gasteiger partial charge is 0.375 e. The highest BCUT2D eigenvalue weighted by atomic mass is 19.4. The second-order valence-electron chi connectivity index (χ2n) is 8.60. The molecule has 0 amide bonds. The molecule has 0 unspecified atom stereocenters. The lowest BCUT2D eigenvalue weighted by molar-refractivity contribution is -0.189. The van der Waals surface area contributed by atoms with Crippen molar-refractivity contribution in [2.45, 2.75) is 70.3 Å². The lowest BCUT2D eigenvalue weighted by atomic mass is 9.87. The summed E-state index contributed by atoms with van der Waals surface area (Å²) in [6.45, 7) is 2.09. The molecular weight excluding hydrogens is 395 g/mol. The quantitative estimate of drug-likeness (QED) is 0.495. The van der Waals surface area contributed by atoms with Gasteiger partial charge in [0.15, 0.2) is 5.65 Å². The van der Waals surface area contributed by atoms with Gasteiger partial charge in [0.25, 0.3) is 0 Å². The maximum absolute atomic E-state index is 12.9. The third-order valence-electron chi connectivity index (χ3n) is 6.79. The van der Waals surface area contributed by atoms with Crippen molar-refractivity contribution in [3.63, 3.8) is 0 Å². The van der Waals surface area contributed by atoms with Crippen LogP contribution in [0.2, 0.25) is 0 Å². The first-order chi connectivity index (χ1) is 14.3. The summed E-state index contributed by atoms with van der Waals surface area (Å²) in [4.78, 5) is 7.22. The molecule has 0 spiro atoms. The van der Waals surface area contributed by atoms with Crippen LogP contribution < -0.4 is 5.49 Å². The standard InChI is InChI=1S/C21H28F3N5O/c1-2-12-9-15(30-14-5-3-13(4-6-14)21(22,23)24)10-16(12)19(26)29-17-7-8-27-20(17)28-11-18(29)25/h7-8,11-16,25-27H,2-6,9-10H2,1H3/t12-,13-,14-,15-,16-/m1/s1. The minimum absolute atomic E-state index is 0.0499. The van der Waals surface area contributed by atoms with Gasteiger partial charge in [0.05, 0.1) is 29.8 Å². The average molecular weight is 423 g/mol. The fourth-order valence-corrected chi connectivity index (χ4v) is 5.14. The number of aromatic nitrogens is 3. The van der Waals surface area contributed by atoms with Gasteiger partial charge in [-0.2, -0.15) is 13.2 Å². The lowest BCUT2D eigenvalue weighted by Gasteiger charge is -2.31. The van der Waals surface area contributed by atoms with E-state index in [-0.39, 0.29) is 42.4 Å². The van der Waals surface area contributed by atoms with Crippen molar-refractivity contribution < 1.29 is 17.9 Å². The van der Waals surface area contributed by atoms with Crippen molar-refractivity contribution in [1.82, 2.24) is 14.5 Å². The fourth-order valence-electron chi connectivity index (χ4n) is 5.14. The van der Waals surface area contributed by atoms with Gasteiger partial charge in [0.1, 0.15) is 11.3 Å². The number of ether oxygens (including phenoxy) is 1. The Hall–Kier alpha value is -2.16. The minimum atomic E-state index is -4.11. The molecule has 2 fully saturated rings. The first kappa shape index (κ1) is 21.1. The van der Waals surface area contributed by atoms with E-state index in [9.17, 15) is 13.2 Å². The number of fused-ring (bicyclic) bond motifs is 1. The van der Waals surface area contributed by atoms with Crippen molar-refractivity contribution in [2.24, 2.45) is 17.8 Å². The number of hydrogen-bond acceptors (Lipinski definition) is 4. The summed E-state index contributed by atoms with van der Waals surface area (Å²) in [6, 6.07) is 1.82. The summed E-state index contributed by atoms with van der Waals surface area (Å²) in [7, 11) is 0. The molecule has 2 heterocycles. The predicted molar refractivity (Wildman–Crippen MR) is 106 cm³/mol. The van der Waals surface area contributed by atoms with Gasteiger partial charge in [-0.05, 0) is 50.5 Å². The maximum atomic E-state index is 12.9. The van der Waals surface area contributed by atoms with E-state index in [1.807, 2.05) is 6.07 Å². The number of hydrogen-bond donors (Lipinski definition) is 3. The SMILES string of the molecule is CC[C@@H]1C[C@@H](O[C@H]2CC[C@H](C(F)(F)F)CC2)C[C@H]1C(=N)n1c(=N)cnc2[nH]ccc21. The third-order valence-corrected chi connectivity index (χ3v) is 6.79. The molecule has 6 nitrogen and oxygen atoms in total. The molecule has 0 saturated heterocycles. The molecule has 3 N–H and O–H groups in total. The Morgan fingerprint density at radius 1 is 1.23 bits per heavy atom. The zero-order valence-corrected chi connectivity index (χ0v) is 17.0. The molecule has 2 aromatic heterocycles. The number of halogens is 3. The zero-order valence-electron chi connectivity index (χ0n) is 17.0. The largest absolute Gasteiger partial charge is 0.391 e. The molecule has 2 saturated carbocycles. The predicted octanol–water partition coefficient (Wildman–Crippen LogP) is 4.61. The van der Waals surface area contributed by atoms with Gasteiger partial charge in [-0.25, -0.2) is 4.98 Å². The van der Waals surface area contributed by atoms with Gasteiger partial charge >= 0.3 is 6.18 Å². The molecule has 2 aromatic rings. The summed E-state index contributed by atoms with van der Waals surface area (Å²) < 4.78 is 46.6. The second-order valence-corrected chi connectivity index (χ2v) is 8.60. The number of alkyl halides is 3. The molecule has 2 aliphatic carbocycles. The van der Waals surface area contributed by atoms with Crippen molar-refractivity contribution >= 4 is 17.0 Å². The highest BCUT2D eigenvalue weighted by Gasteiger charge is 2.43. The van der Waals surface area contributed by atoms with E-state index in [2.05, 4.69) is 16.9 Å².